The Labute approximate surface area is 191 Å². The van der Waals surface area contributed by atoms with Gasteiger partial charge in [0.1, 0.15) is 23.3 Å². The van der Waals surface area contributed by atoms with Crippen molar-refractivity contribution in [2.24, 2.45) is 0 Å². The van der Waals surface area contributed by atoms with E-state index in [9.17, 15) is 13.7 Å². The second-order valence-corrected chi connectivity index (χ2v) is 9.41. The molecule has 32 heavy (non-hydrogen) atoms. The zero-order valence-electron chi connectivity index (χ0n) is 16.9. The van der Waals surface area contributed by atoms with Crippen molar-refractivity contribution in [1.29, 1.82) is 5.26 Å². The number of rotatable bonds is 6. The summed E-state index contributed by atoms with van der Waals surface area (Å²) in [5, 5.41) is 11.9. The number of ether oxygens (including phenoxy) is 1. The highest BCUT2D eigenvalue weighted by Crippen LogP contribution is 2.33. The summed E-state index contributed by atoms with van der Waals surface area (Å²) in [6.45, 7) is 0.311. The predicted octanol–water partition coefficient (Wildman–Crippen LogP) is 6.41. The molecule has 158 valence electrons. The maximum Gasteiger partial charge on any atom is 0.216 e. The standard InChI is InChI=1S/C26H18ClNO3S/c27-21-11-13-22(14-12-21)32(29,30)23(17-28)16-25-24-9-5-4-8-20(24)10-15-26(25)31-18-19-6-2-1-3-7-19/h1-16H,18H2/b23-16+. The summed E-state index contributed by atoms with van der Waals surface area (Å²) in [4.78, 5) is -0.373. The first-order valence-electron chi connectivity index (χ1n) is 9.80. The van der Waals surface area contributed by atoms with Crippen LogP contribution in [0.2, 0.25) is 5.02 Å². The number of sulfone groups is 1. The van der Waals surface area contributed by atoms with Crippen molar-refractivity contribution >= 4 is 38.3 Å². The number of halogens is 1. The van der Waals surface area contributed by atoms with Crippen LogP contribution in [-0.4, -0.2) is 8.42 Å². The Bertz CT molecular complexity index is 1440. The van der Waals surface area contributed by atoms with Crippen molar-refractivity contribution in [3.8, 4) is 11.8 Å². The first-order valence-corrected chi connectivity index (χ1v) is 11.7. The molecule has 6 heteroatoms. The lowest BCUT2D eigenvalue weighted by Crippen LogP contribution is -2.04. The molecule has 4 rings (SSSR count). The van der Waals surface area contributed by atoms with Gasteiger partial charge in [-0.3, -0.25) is 0 Å². The summed E-state index contributed by atoms with van der Waals surface area (Å²) < 4.78 is 32.3. The van der Waals surface area contributed by atoms with Crippen molar-refractivity contribution in [1.82, 2.24) is 0 Å². The van der Waals surface area contributed by atoms with Crippen LogP contribution in [0, 0.1) is 11.3 Å². The first kappa shape index (κ1) is 21.6. The minimum Gasteiger partial charge on any atom is -0.488 e. The van der Waals surface area contributed by atoms with Gasteiger partial charge in [-0.05, 0) is 52.7 Å². The maximum atomic E-state index is 13.1. The number of fused-ring (bicyclic) bond motifs is 1. The van der Waals surface area contributed by atoms with Gasteiger partial charge in [-0.25, -0.2) is 8.42 Å². The van der Waals surface area contributed by atoms with Gasteiger partial charge < -0.3 is 4.74 Å². The van der Waals surface area contributed by atoms with Crippen LogP contribution in [0.3, 0.4) is 0 Å². The van der Waals surface area contributed by atoms with Crippen LogP contribution in [0.1, 0.15) is 11.1 Å². The third kappa shape index (κ3) is 4.52. The van der Waals surface area contributed by atoms with Crippen LogP contribution in [0.15, 0.2) is 101 Å². The Kier molecular flexibility index (Phi) is 6.27. The van der Waals surface area contributed by atoms with Crippen molar-refractivity contribution < 1.29 is 13.2 Å². The molecule has 0 saturated carbocycles. The second-order valence-electron chi connectivity index (χ2n) is 7.05. The summed E-state index contributed by atoms with van der Waals surface area (Å²) in [6, 6.07) is 28.5. The normalized spacial score (nSPS) is 11.8. The molecule has 4 aromatic rings. The highest BCUT2D eigenvalue weighted by atomic mass is 35.5. The quantitative estimate of drug-likeness (QED) is 0.312. The lowest BCUT2D eigenvalue weighted by molar-refractivity contribution is 0.306. The van der Waals surface area contributed by atoms with Gasteiger partial charge in [0.15, 0.2) is 0 Å². The molecule has 0 saturated heterocycles. The fourth-order valence-electron chi connectivity index (χ4n) is 3.33. The fourth-order valence-corrected chi connectivity index (χ4v) is 4.59. The average molecular weight is 460 g/mol. The van der Waals surface area contributed by atoms with Gasteiger partial charge in [0.2, 0.25) is 9.84 Å². The van der Waals surface area contributed by atoms with Crippen molar-refractivity contribution in [2.75, 3.05) is 0 Å². The molecule has 0 unspecified atom stereocenters. The van der Waals surface area contributed by atoms with Gasteiger partial charge in [0.25, 0.3) is 0 Å². The van der Waals surface area contributed by atoms with E-state index in [1.807, 2.05) is 66.7 Å². The van der Waals surface area contributed by atoms with Gasteiger partial charge in [0, 0.05) is 10.6 Å². The number of hydrogen-bond acceptors (Lipinski definition) is 4. The zero-order valence-corrected chi connectivity index (χ0v) is 18.5. The summed E-state index contributed by atoms with van der Waals surface area (Å²) in [5.74, 6) is 0.492. The molecule has 0 heterocycles. The van der Waals surface area contributed by atoms with E-state index >= 15 is 0 Å². The number of hydrogen-bond donors (Lipinski definition) is 0. The number of benzene rings is 4. The third-order valence-electron chi connectivity index (χ3n) is 4.97. The fraction of sp³-hybridized carbons (Fsp3) is 0.0385. The minimum absolute atomic E-state index is 0.00157. The molecule has 0 bridgehead atoms. The Balaban J connectivity index is 1.82. The summed E-state index contributed by atoms with van der Waals surface area (Å²) >= 11 is 5.89. The van der Waals surface area contributed by atoms with E-state index < -0.39 is 9.84 Å². The van der Waals surface area contributed by atoms with Crippen LogP contribution in [0.25, 0.3) is 16.8 Å². The number of allylic oxidation sites excluding steroid dienone is 1. The molecule has 0 amide bonds. The second kappa shape index (κ2) is 9.27. The highest BCUT2D eigenvalue weighted by Gasteiger charge is 2.22. The van der Waals surface area contributed by atoms with Gasteiger partial charge in [0.05, 0.1) is 4.90 Å². The molecule has 0 aliphatic heterocycles. The highest BCUT2D eigenvalue weighted by molar-refractivity contribution is 7.95. The van der Waals surface area contributed by atoms with Crippen molar-refractivity contribution in [3.63, 3.8) is 0 Å². The molecule has 0 aromatic heterocycles. The monoisotopic (exact) mass is 459 g/mol. The molecule has 4 aromatic carbocycles. The van der Waals surface area contributed by atoms with E-state index in [2.05, 4.69) is 0 Å². The van der Waals surface area contributed by atoms with Gasteiger partial charge in [-0.2, -0.15) is 5.26 Å². The van der Waals surface area contributed by atoms with E-state index in [1.165, 1.54) is 30.3 Å². The summed E-state index contributed by atoms with van der Waals surface area (Å²) in [5.41, 5.74) is 1.51. The Morgan fingerprint density at radius 2 is 1.59 bits per heavy atom. The molecule has 0 fully saturated rings. The van der Waals surface area contributed by atoms with Gasteiger partial charge >= 0.3 is 0 Å². The molecule has 0 atom stereocenters. The summed E-state index contributed by atoms with van der Waals surface area (Å²) in [7, 11) is -4.03. The largest absolute Gasteiger partial charge is 0.488 e. The lowest BCUT2D eigenvalue weighted by atomic mass is 10.0. The Hall–Kier alpha value is -3.59. The molecule has 0 aliphatic rings. The van der Waals surface area contributed by atoms with E-state index in [-0.39, 0.29) is 9.80 Å². The average Bonchev–Trinajstić information content (AvgIpc) is 2.82. The molecule has 0 aliphatic carbocycles. The Morgan fingerprint density at radius 3 is 2.31 bits per heavy atom. The van der Waals surface area contributed by atoms with Crippen LogP contribution < -0.4 is 4.74 Å². The summed E-state index contributed by atoms with van der Waals surface area (Å²) in [6.07, 6.45) is 1.38. The van der Waals surface area contributed by atoms with Gasteiger partial charge in [-0.1, -0.05) is 72.3 Å². The van der Waals surface area contributed by atoms with Crippen molar-refractivity contribution in [2.45, 2.75) is 11.5 Å². The van der Waals surface area contributed by atoms with Crippen LogP contribution in [-0.2, 0) is 16.4 Å². The lowest BCUT2D eigenvalue weighted by Gasteiger charge is -2.13. The van der Waals surface area contributed by atoms with Gasteiger partial charge in [-0.15, -0.1) is 0 Å². The first-order chi connectivity index (χ1) is 15.5. The molecular weight excluding hydrogens is 442 g/mol. The predicted molar refractivity (Wildman–Crippen MR) is 127 cm³/mol. The van der Waals surface area contributed by atoms with Crippen LogP contribution in [0.4, 0.5) is 0 Å². The van der Waals surface area contributed by atoms with E-state index in [0.717, 1.165) is 16.3 Å². The Morgan fingerprint density at radius 1 is 0.906 bits per heavy atom. The number of nitrogens with zero attached hydrogens (tertiary/aromatic N) is 1. The zero-order chi connectivity index (χ0) is 22.6. The van der Waals surface area contributed by atoms with Crippen molar-refractivity contribution in [3.05, 3.63) is 112 Å². The maximum absolute atomic E-state index is 13.1. The topological polar surface area (TPSA) is 67.2 Å². The number of nitriles is 1. The molecule has 0 spiro atoms. The van der Waals surface area contributed by atoms with Crippen LogP contribution >= 0.6 is 11.6 Å². The van der Waals surface area contributed by atoms with Crippen LogP contribution in [0.5, 0.6) is 5.75 Å². The smallest absolute Gasteiger partial charge is 0.216 e. The third-order valence-corrected chi connectivity index (χ3v) is 6.90. The van der Waals surface area contributed by atoms with E-state index in [1.54, 1.807) is 6.07 Å². The molecule has 0 radical (unpaired) electrons. The van der Waals surface area contributed by atoms with E-state index in [4.69, 9.17) is 16.3 Å². The SMILES string of the molecule is N#C/C(=C\c1c(OCc2ccccc2)ccc2ccccc12)S(=O)(=O)c1ccc(Cl)cc1. The van der Waals surface area contributed by atoms with E-state index in [0.29, 0.717) is 22.9 Å². The molecular formula is C26H18ClNO3S. The minimum atomic E-state index is -4.03. The molecule has 0 N–H and O–H groups in total. The molecule has 4 nitrogen and oxygen atoms in total.